The van der Waals surface area contributed by atoms with Crippen LogP contribution in [0.25, 0.3) is 11.5 Å². The monoisotopic (exact) mass is 332 g/mol. The highest BCUT2D eigenvalue weighted by atomic mass is 16.5. The minimum absolute atomic E-state index is 0.101. The van der Waals surface area contributed by atoms with Crippen molar-refractivity contribution < 1.29 is 18.7 Å². The molecule has 130 valence electrons. The van der Waals surface area contributed by atoms with Crippen LogP contribution in [0.15, 0.2) is 28.7 Å². The predicted molar refractivity (Wildman–Crippen MR) is 91.0 cm³/mol. The van der Waals surface area contributed by atoms with Crippen molar-refractivity contribution in [3.05, 3.63) is 35.7 Å². The zero-order valence-electron chi connectivity index (χ0n) is 14.6. The van der Waals surface area contributed by atoms with E-state index in [1.165, 1.54) is 0 Å². The van der Waals surface area contributed by atoms with Crippen molar-refractivity contribution in [2.45, 2.75) is 33.3 Å². The first-order valence-electron chi connectivity index (χ1n) is 7.98. The number of ether oxygens (including phenoxy) is 2. The molecule has 0 radical (unpaired) electrons. The molecule has 1 amide bonds. The third-order valence-corrected chi connectivity index (χ3v) is 3.41. The molecular weight excluding hydrogens is 308 g/mol. The van der Waals surface area contributed by atoms with Crippen molar-refractivity contribution in [2.24, 2.45) is 0 Å². The quantitative estimate of drug-likeness (QED) is 0.753. The molecule has 6 nitrogen and oxygen atoms in total. The summed E-state index contributed by atoms with van der Waals surface area (Å²) in [5, 5.41) is 2.82. The van der Waals surface area contributed by atoms with Gasteiger partial charge in [0.25, 0.3) is 0 Å². The lowest BCUT2D eigenvalue weighted by atomic mass is 10.2. The average Bonchev–Trinajstić information content (AvgIpc) is 2.92. The molecule has 2 aromatic rings. The van der Waals surface area contributed by atoms with Gasteiger partial charge in [0.2, 0.25) is 11.8 Å². The third kappa shape index (κ3) is 5.09. The van der Waals surface area contributed by atoms with Crippen molar-refractivity contribution in [3.63, 3.8) is 0 Å². The molecule has 0 aliphatic heterocycles. The van der Waals surface area contributed by atoms with E-state index in [1.54, 1.807) is 14.0 Å². The molecule has 1 N–H and O–H groups in total. The second-order valence-electron chi connectivity index (χ2n) is 5.70. The minimum Gasteiger partial charge on any atom is -0.497 e. The lowest BCUT2D eigenvalue weighted by molar-refractivity contribution is -0.120. The van der Waals surface area contributed by atoms with Crippen LogP contribution in [0.4, 0.5) is 0 Å². The van der Waals surface area contributed by atoms with Gasteiger partial charge >= 0.3 is 0 Å². The first-order chi connectivity index (χ1) is 11.5. The van der Waals surface area contributed by atoms with Gasteiger partial charge in [-0.15, -0.1) is 0 Å². The first-order valence-corrected chi connectivity index (χ1v) is 7.98. The van der Waals surface area contributed by atoms with E-state index in [1.807, 2.05) is 38.1 Å². The Bertz CT molecular complexity index is 679. The summed E-state index contributed by atoms with van der Waals surface area (Å²) in [6, 6.07) is 7.46. The van der Waals surface area contributed by atoms with Gasteiger partial charge in [0.1, 0.15) is 11.5 Å². The van der Waals surface area contributed by atoms with E-state index >= 15 is 0 Å². The topological polar surface area (TPSA) is 73.6 Å². The molecule has 2 rings (SSSR count). The van der Waals surface area contributed by atoms with Gasteiger partial charge in [0.05, 0.1) is 31.9 Å². The third-order valence-electron chi connectivity index (χ3n) is 3.41. The van der Waals surface area contributed by atoms with Gasteiger partial charge in [-0.05, 0) is 39.0 Å². The number of aryl methyl sites for hydroxylation is 1. The maximum atomic E-state index is 12.0. The Balaban J connectivity index is 1.97. The minimum atomic E-state index is -0.101. The number of nitrogens with zero attached hydrogens (tertiary/aromatic N) is 1. The molecule has 0 aliphatic rings. The standard InChI is InChI=1S/C18H24N2O4/c1-12(2)23-9-8-19-17(21)11-16-13(3)24-18(20-16)14-6-5-7-15(10-14)22-4/h5-7,10,12H,8-9,11H2,1-4H3,(H,19,21). The van der Waals surface area contributed by atoms with Crippen LogP contribution in [0.5, 0.6) is 5.75 Å². The first kappa shape index (κ1) is 18.0. The number of benzene rings is 1. The Morgan fingerprint density at radius 1 is 1.38 bits per heavy atom. The lowest BCUT2D eigenvalue weighted by Gasteiger charge is -2.08. The van der Waals surface area contributed by atoms with Gasteiger partial charge in [0.15, 0.2) is 0 Å². The van der Waals surface area contributed by atoms with Crippen LogP contribution in [0.2, 0.25) is 0 Å². The summed E-state index contributed by atoms with van der Waals surface area (Å²) in [5.74, 6) is 1.75. The number of nitrogens with one attached hydrogen (secondary N) is 1. The molecule has 0 saturated heterocycles. The highest BCUT2D eigenvalue weighted by Crippen LogP contribution is 2.25. The summed E-state index contributed by atoms with van der Waals surface area (Å²) < 4.78 is 16.3. The Morgan fingerprint density at radius 3 is 2.88 bits per heavy atom. The highest BCUT2D eigenvalue weighted by Gasteiger charge is 2.15. The van der Waals surface area contributed by atoms with Gasteiger partial charge in [0, 0.05) is 12.1 Å². The summed E-state index contributed by atoms with van der Waals surface area (Å²) in [7, 11) is 1.61. The number of oxazole rings is 1. The van der Waals surface area contributed by atoms with Crippen molar-refractivity contribution >= 4 is 5.91 Å². The number of amides is 1. The second-order valence-corrected chi connectivity index (χ2v) is 5.70. The van der Waals surface area contributed by atoms with E-state index < -0.39 is 0 Å². The number of methoxy groups -OCH3 is 1. The van der Waals surface area contributed by atoms with Crippen molar-refractivity contribution in [3.8, 4) is 17.2 Å². The Morgan fingerprint density at radius 2 is 2.17 bits per heavy atom. The van der Waals surface area contributed by atoms with Crippen LogP contribution in [-0.2, 0) is 16.0 Å². The second kappa shape index (κ2) is 8.49. The number of rotatable bonds is 8. The maximum absolute atomic E-state index is 12.0. The molecule has 0 aliphatic carbocycles. The fourth-order valence-corrected chi connectivity index (χ4v) is 2.17. The fourth-order valence-electron chi connectivity index (χ4n) is 2.17. The van der Waals surface area contributed by atoms with Gasteiger partial charge in [-0.3, -0.25) is 4.79 Å². The van der Waals surface area contributed by atoms with Crippen molar-refractivity contribution in [1.82, 2.24) is 10.3 Å². The predicted octanol–water partition coefficient (Wildman–Crippen LogP) is 2.74. The Kier molecular flexibility index (Phi) is 6.37. The molecular formula is C18H24N2O4. The van der Waals surface area contributed by atoms with E-state index in [9.17, 15) is 4.79 Å². The maximum Gasteiger partial charge on any atom is 0.226 e. The molecule has 1 aromatic carbocycles. The molecule has 1 heterocycles. The number of hydrogen-bond donors (Lipinski definition) is 1. The summed E-state index contributed by atoms with van der Waals surface area (Å²) in [5.41, 5.74) is 1.45. The van der Waals surface area contributed by atoms with E-state index in [2.05, 4.69) is 10.3 Å². The van der Waals surface area contributed by atoms with Gasteiger partial charge in [-0.2, -0.15) is 0 Å². The van der Waals surface area contributed by atoms with E-state index in [0.29, 0.717) is 30.5 Å². The van der Waals surface area contributed by atoms with Crippen LogP contribution in [0.1, 0.15) is 25.3 Å². The van der Waals surface area contributed by atoms with Gasteiger partial charge in [-0.25, -0.2) is 4.98 Å². The average molecular weight is 332 g/mol. The summed E-state index contributed by atoms with van der Waals surface area (Å²) in [6.07, 6.45) is 0.339. The smallest absolute Gasteiger partial charge is 0.226 e. The van der Waals surface area contributed by atoms with E-state index in [-0.39, 0.29) is 18.4 Å². The van der Waals surface area contributed by atoms with Crippen LogP contribution in [-0.4, -0.2) is 37.3 Å². The van der Waals surface area contributed by atoms with Crippen molar-refractivity contribution in [1.29, 1.82) is 0 Å². The van der Waals surface area contributed by atoms with E-state index in [0.717, 1.165) is 11.3 Å². The highest BCUT2D eigenvalue weighted by molar-refractivity contribution is 5.78. The molecule has 0 saturated carbocycles. The molecule has 0 fully saturated rings. The van der Waals surface area contributed by atoms with Crippen LogP contribution in [0.3, 0.4) is 0 Å². The summed E-state index contributed by atoms with van der Waals surface area (Å²) >= 11 is 0. The molecule has 0 spiro atoms. The zero-order chi connectivity index (χ0) is 17.5. The molecule has 1 aromatic heterocycles. The number of aromatic nitrogens is 1. The van der Waals surface area contributed by atoms with Gasteiger partial charge in [-0.1, -0.05) is 6.07 Å². The van der Waals surface area contributed by atoms with E-state index in [4.69, 9.17) is 13.9 Å². The summed E-state index contributed by atoms with van der Waals surface area (Å²) in [4.78, 5) is 16.4. The van der Waals surface area contributed by atoms with Gasteiger partial charge < -0.3 is 19.2 Å². The van der Waals surface area contributed by atoms with Crippen molar-refractivity contribution in [2.75, 3.05) is 20.3 Å². The molecule has 0 atom stereocenters. The molecule has 24 heavy (non-hydrogen) atoms. The lowest BCUT2D eigenvalue weighted by Crippen LogP contribution is -2.29. The molecule has 0 bridgehead atoms. The normalized spacial score (nSPS) is 10.9. The molecule has 0 unspecified atom stereocenters. The SMILES string of the molecule is COc1cccc(-c2nc(CC(=O)NCCOC(C)C)c(C)o2)c1. The Hall–Kier alpha value is -2.34. The summed E-state index contributed by atoms with van der Waals surface area (Å²) in [6.45, 7) is 6.70. The number of carbonyl (C=O) groups is 1. The zero-order valence-corrected chi connectivity index (χ0v) is 14.6. The fraction of sp³-hybridized carbons (Fsp3) is 0.444. The van der Waals surface area contributed by atoms with Crippen LogP contribution >= 0.6 is 0 Å². The molecule has 6 heteroatoms. The van der Waals surface area contributed by atoms with Crippen LogP contribution < -0.4 is 10.1 Å². The number of hydrogen-bond acceptors (Lipinski definition) is 5. The Labute approximate surface area is 142 Å². The van der Waals surface area contributed by atoms with Crippen LogP contribution in [0, 0.1) is 6.92 Å². The largest absolute Gasteiger partial charge is 0.497 e. The number of carbonyl (C=O) groups excluding carboxylic acids is 1.